The van der Waals surface area contributed by atoms with Crippen molar-refractivity contribution in [3.8, 4) is 11.5 Å². The Morgan fingerprint density at radius 1 is 1.14 bits per heavy atom. The van der Waals surface area contributed by atoms with Crippen LogP contribution in [0.25, 0.3) is 0 Å². The van der Waals surface area contributed by atoms with Crippen LogP contribution < -0.4 is 20.7 Å². The lowest BCUT2D eigenvalue weighted by molar-refractivity contribution is 0.286. The van der Waals surface area contributed by atoms with Crippen molar-refractivity contribution in [1.82, 2.24) is 5.43 Å². The van der Waals surface area contributed by atoms with Crippen molar-refractivity contribution in [2.75, 3.05) is 13.2 Å². The molecule has 4 nitrogen and oxygen atoms in total. The topological polar surface area (TPSA) is 56.5 Å². The van der Waals surface area contributed by atoms with Gasteiger partial charge in [0.1, 0.15) is 0 Å². The summed E-state index contributed by atoms with van der Waals surface area (Å²) in [6, 6.07) is 6.45. The van der Waals surface area contributed by atoms with Crippen molar-refractivity contribution in [2.24, 2.45) is 23.6 Å². The van der Waals surface area contributed by atoms with Crippen molar-refractivity contribution in [2.45, 2.75) is 39.2 Å². The van der Waals surface area contributed by atoms with E-state index in [1.54, 1.807) is 0 Å². The molecule has 21 heavy (non-hydrogen) atoms. The number of hydrogen-bond donors (Lipinski definition) is 2. The van der Waals surface area contributed by atoms with Crippen LogP contribution in [0, 0.1) is 17.8 Å². The van der Waals surface area contributed by atoms with Crippen LogP contribution in [0.1, 0.15) is 44.7 Å². The predicted molar refractivity (Wildman–Crippen MR) is 83.2 cm³/mol. The minimum Gasteiger partial charge on any atom is -0.490 e. The molecule has 0 bridgehead atoms. The molecule has 2 fully saturated rings. The highest BCUT2D eigenvalue weighted by Gasteiger charge is 2.55. The lowest BCUT2D eigenvalue weighted by Crippen LogP contribution is -2.30. The zero-order valence-corrected chi connectivity index (χ0v) is 13.0. The van der Waals surface area contributed by atoms with Crippen LogP contribution >= 0.6 is 0 Å². The largest absolute Gasteiger partial charge is 0.490 e. The van der Waals surface area contributed by atoms with Crippen molar-refractivity contribution in [3.63, 3.8) is 0 Å². The lowest BCUT2D eigenvalue weighted by Gasteiger charge is -2.20. The van der Waals surface area contributed by atoms with Crippen LogP contribution in [0.15, 0.2) is 18.2 Å². The summed E-state index contributed by atoms with van der Waals surface area (Å²) in [5, 5.41) is 0. The number of hydrazine groups is 1. The number of ether oxygens (including phenoxy) is 2. The number of hydrogen-bond acceptors (Lipinski definition) is 4. The molecule has 2 aliphatic rings. The van der Waals surface area contributed by atoms with E-state index in [1.807, 2.05) is 19.9 Å². The molecule has 2 aliphatic carbocycles. The highest BCUT2D eigenvalue weighted by molar-refractivity contribution is 5.44. The van der Waals surface area contributed by atoms with Gasteiger partial charge in [-0.1, -0.05) is 12.5 Å². The third kappa shape index (κ3) is 2.74. The third-order valence-electron chi connectivity index (χ3n) is 4.96. The van der Waals surface area contributed by atoms with Gasteiger partial charge in [-0.25, -0.2) is 0 Å². The van der Waals surface area contributed by atoms with Gasteiger partial charge in [0.05, 0.1) is 13.2 Å². The van der Waals surface area contributed by atoms with E-state index in [-0.39, 0.29) is 6.04 Å². The molecule has 116 valence electrons. The van der Waals surface area contributed by atoms with E-state index in [9.17, 15) is 0 Å². The summed E-state index contributed by atoms with van der Waals surface area (Å²) in [6.07, 6.45) is 4.11. The Bertz CT molecular complexity index is 482. The number of nitrogens with one attached hydrogen (secondary N) is 1. The Morgan fingerprint density at radius 3 is 2.43 bits per heavy atom. The Balaban J connectivity index is 1.81. The maximum atomic E-state index is 5.85. The lowest BCUT2D eigenvalue weighted by atomic mass is 9.97. The molecule has 3 unspecified atom stereocenters. The number of nitrogens with two attached hydrogens (primary N) is 1. The van der Waals surface area contributed by atoms with Gasteiger partial charge in [0, 0.05) is 6.04 Å². The molecule has 4 heteroatoms. The number of rotatable bonds is 7. The van der Waals surface area contributed by atoms with Gasteiger partial charge in [-0.2, -0.15) is 0 Å². The Labute approximate surface area is 127 Å². The predicted octanol–water partition coefficient (Wildman–Crippen LogP) is 3.03. The zero-order valence-electron chi connectivity index (χ0n) is 13.0. The van der Waals surface area contributed by atoms with Gasteiger partial charge in [-0.3, -0.25) is 11.3 Å². The van der Waals surface area contributed by atoms with E-state index in [0.717, 1.165) is 23.3 Å². The SMILES string of the molecule is CCOc1ccc(C(NN)C2C3CCCC32)cc1OCC. The van der Waals surface area contributed by atoms with E-state index >= 15 is 0 Å². The minimum atomic E-state index is 0.232. The number of benzene rings is 1. The molecule has 1 aromatic rings. The highest BCUT2D eigenvalue weighted by atomic mass is 16.5. The second-order valence-electron chi connectivity index (χ2n) is 6.05. The summed E-state index contributed by atoms with van der Waals surface area (Å²) < 4.78 is 11.4. The zero-order chi connectivity index (χ0) is 14.8. The van der Waals surface area contributed by atoms with Crippen molar-refractivity contribution < 1.29 is 9.47 Å². The summed E-state index contributed by atoms with van der Waals surface area (Å²) in [5.74, 6) is 9.91. The van der Waals surface area contributed by atoms with Gasteiger partial charge in [0.25, 0.3) is 0 Å². The molecule has 3 rings (SSSR count). The van der Waals surface area contributed by atoms with Crippen LogP contribution in [0.4, 0.5) is 0 Å². The van der Waals surface area contributed by atoms with Gasteiger partial charge < -0.3 is 9.47 Å². The minimum absolute atomic E-state index is 0.232. The summed E-state index contributed by atoms with van der Waals surface area (Å²) in [6.45, 7) is 5.26. The average molecular weight is 290 g/mol. The molecule has 2 saturated carbocycles. The fourth-order valence-electron chi connectivity index (χ4n) is 4.06. The highest BCUT2D eigenvalue weighted by Crippen LogP contribution is 2.62. The molecular weight excluding hydrogens is 264 g/mol. The van der Waals surface area contributed by atoms with Crippen molar-refractivity contribution in [3.05, 3.63) is 23.8 Å². The second-order valence-corrected chi connectivity index (χ2v) is 6.05. The fourth-order valence-corrected chi connectivity index (χ4v) is 4.06. The average Bonchev–Trinajstić information content (AvgIpc) is 2.95. The van der Waals surface area contributed by atoms with Crippen LogP contribution in [-0.2, 0) is 0 Å². The standard InChI is InChI=1S/C17H26N2O2/c1-3-20-14-9-8-11(10-15(14)21-4-2)17(19-18)16-12-6-5-7-13(12)16/h8-10,12-13,16-17,19H,3-7,18H2,1-2H3. The molecule has 1 aromatic carbocycles. The number of fused-ring (bicyclic) bond motifs is 1. The monoisotopic (exact) mass is 290 g/mol. The van der Waals surface area contributed by atoms with Crippen molar-refractivity contribution in [1.29, 1.82) is 0 Å². The Hall–Kier alpha value is -1.26. The van der Waals surface area contributed by atoms with Crippen LogP contribution in [-0.4, -0.2) is 13.2 Å². The first-order valence-corrected chi connectivity index (χ1v) is 8.15. The fraction of sp³-hybridized carbons (Fsp3) is 0.647. The Morgan fingerprint density at radius 2 is 1.81 bits per heavy atom. The molecule has 0 radical (unpaired) electrons. The molecule has 0 aliphatic heterocycles. The van der Waals surface area contributed by atoms with Crippen LogP contribution in [0.2, 0.25) is 0 Å². The summed E-state index contributed by atoms with van der Waals surface area (Å²) in [4.78, 5) is 0. The van der Waals surface area contributed by atoms with Crippen molar-refractivity contribution >= 4 is 0 Å². The summed E-state index contributed by atoms with van der Waals surface area (Å²) >= 11 is 0. The van der Waals surface area contributed by atoms with E-state index in [2.05, 4.69) is 17.6 Å². The maximum Gasteiger partial charge on any atom is 0.161 e. The molecule has 0 aromatic heterocycles. The van der Waals surface area contributed by atoms with Gasteiger partial charge in [-0.15, -0.1) is 0 Å². The van der Waals surface area contributed by atoms with Crippen LogP contribution in [0.5, 0.6) is 11.5 Å². The Kier molecular flexibility index (Phi) is 4.36. The molecule has 0 saturated heterocycles. The molecule has 0 amide bonds. The van der Waals surface area contributed by atoms with Gasteiger partial charge >= 0.3 is 0 Å². The quantitative estimate of drug-likeness (QED) is 0.598. The van der Waals surface area contributed by atoms with Gasteiger partial charge in [0.2, 0.25) is 0 Å². The van der Waals surface area contributed by atoms with E-state index in [4.69, 9.17) is 15.3 Å². The molecule has 3 atom stereocenters. The summed E-state index contributed by atoms with van der Waals surface area (Å²) in [7, 11) is 0. The van der Waals surface area contributed by atoms with Gasteiger partial charge in [0.15, 0.2) is 11.5 Å². The van der Waals surface area contributed by atoms with E-state index in [1.165, 1.54) is 24.8 Å². The normalized spacial score (nSPS) is 28.0. The molecule has 0 heterocycles. The van der Waals surface area contributed by atoms with E-state index in [0.29, 0.717) is 19.1 Å². The van der Waals surface area contributed by atoms with Gasteiger partial charge in [-0.05, 0) is 62.1 Å². The van der Waals surface area contributed by atoms with Crippen LogP contribution in [0.3, 0.4) is 0 Å². The smallest absolute Gasteiger partial charge is 0.161 e. The first kappa shape index (κ1) is 14.7. The first-order chi connectivity index (χ1) is 10.3. The van der Waals surface area contributed by atoms with E-state index < -0.39 is 0 Å². The molecule has 0 spiro atoms. The molecular formula is C17H26N2O2. The third-order valence-corrected chi connectivity index (χ3v) is 4.96. The molecule has 3 N–H and O–H groups in total. The maximum absolute atomic E-state index is 5.85. The second kappa shape index (κ2) is 6.24. The first-order valence-electron chi connectivity index (χ1n) is 8.15. The summed E-state index contributed by atoms with van der Waals surface area (Å²) in [5.41, 5.74) is 4.25.